The second kappa shape index (κ2) is 4.86. The van der Waals surface area contributed by atoms with Gasteiger partial charge in [-0.2, -0.15) is 9.19 Å². The topological polar surface area (TPSA) is 126 Å². The van der Waals surface area contributed by atoms with Crippen molar-refractivity contribution in [2.24, 2.45) is 0 Å². The molecule has 0 aromatic carbocycles. The van der Waals surface area contributed by atoms with Crippen LogP contribution in [0.1, 0.15) is 6.23 Å². The summed E-state index contributed by atoms with van der Waals surface area (Å²) in [6, 6.07) is 0. The summed E-state index contributed by atoms with van der Waals surface area (Å²) in [6.07, 6.45) is -3.43. The van der Waals surface area contributed by atoms with Crippen molar-refractivity contribution in [3.8, 4) is 0 Å². The lowest BCUT2D eigenvalue weighted by Crippen LogP contribution is -2.42. The van der Waals surface area contributed by atoms with Gasteiger partial charge < -0.3 is 15.6 Å². The second-order valence-corrected chi connectivity index (χ2v) is 5.11. The first-order chi connectivity index (χ1) is 9.47. The normalized spacial score (nSPS) is 36.8. The Morgan fingerprint density at radius 1 is 1.60 bits per heavy atom. The summed E-state index contributed by atoms with van der Waals surface area (Å²) in [4.78, 5) is 14.9. The summed E-state index contributed by atoms with van der Waals surface area (Å²) >= 11 is -1.99. The lowest BCUT2D eigenvalue weighted by Gasteiger charge is -2.23. The third-order valence-electron chi connectivity index (χ3n) is 3.04. The molecule has 0 spiro atoms. The van der Waals surface area contributed by atoms with Crippen LogP contribution in [0, 0.1) is 5.82 Å². The SMILES string of the molecule is Nc1nc(=O)n(C2O[C@@H]3COS(=O)O[C@@H]3[C@H]2O)cc1F. The Hall–Kier alpha value is -1.40. The highest BCUT2D eigenvalue weighted by atomic mass is 32.2. The Bertz CT molecular complexity index is 624. The molecule has 3 heterocycles. The minimum atomic E-state index is -1.99. The molecule has 3 rings (SSSR count). The predicted molar refractivity (Wildman–Crippen MR) is 61.8 cm³/mol. The fraction of sp³-hybridized carbons (Fsp3) is 0.556. The summed E-state index contributed by atoms with van der Waals surface area (Å²) in [7, 11) is 0. The van der Waals surface area contributed by atoms with Gasteiger partial charge in [0.2, 0.25) is 0 Å². The van der Waals surface area contributed by atoms with Crippen molar-refractivity contribution in [3.63, 3.8) is 0 Å². The van der Waals surface area contributed by atoms with Crippen LogP contribution in [0.25, 0.3) is 0 Å². The smallest absolute Gasteiger partial charge is 0.351 e. The van der Waals surface area contributed by atoms with E-state index in [9.17, 15) is 18.5 Å². The minimum Gasteiger partial charge on any atom is -0.386 e. The van der Waals surface area contributed by atoms with Crippen molar-refractivity contribution in [3.05, 3.63) is 22.5 Å². The monoisotopic (exact) mass is 307 g/mol. The van der Waals surface area contributed by atoms with Crippen LogP contribution in [0.4, 0.5) is 10.2 Å². The van der Waals surface area contributed by atoms with Crippen molar-refractivity contribution in [1.29, 1.82) is 0 Å². The van der Waals surface area contributed by atoms with Gasteiger partial charge in [-0.05, 0) is 0 Å². The van der Waals surface area contributed by atoms with Crippen LogP contribution in [-0.2, 0) is 24.5 Å². The van der Waals surface area contributed by atoms with Crippen LogP contribution in [0.5, 0.6) is 0 Å². The molecule has 0 aliphatic carbocycles. The van der Waals surface area contributed by atoms with Gasteiger partial charge in [0, 0.05) is 0 Å². The van der Waals surface area contributed by atoms with Gasteiger partial charge in [0.1, 0.15) is 18.3 Å². The fourth-order valence-corrected chi connectivity index (χ4v) is 2.80. The standard InChI is InChI=1S/C9H10FN3O6S/c10-3-1-13(9(15)12-7(3)11)8-5(14)6-4(18-8)2-17-20(16)19-6/h1,4-6,8,14H,2H2,(H2,11,12,15)/t4-,5-,6+,8?,20?/m1/s1. The molecule has 2 aliphatic heterocycles. The molecule has 3 N–H and O–H groups in total. The van der Waals surface area contributed by atoms with Crippen LogP contribution in [0.3, 0.4) is 0 Å². The van der Waals surface area contributed by atoms with Gasteiger partial charge in [-0.25, -0.2) is 9.18 Å². The zero-order valence-electron chi connectivity index (χ0n) is 9.84. The average Bonchev–Trinajstić information content (AvgIpc) is 2.71. The van der Waals surface area contributed by atoms with E-state index >= 15 is 0 Å². The number of nitrogens with two attached hydrogens (primary N) is 1. The van der Waals surface area contributed by atoms with E-state index in [-0.39, 0.29) is 6.61 Å². The largest absolute Gasteiger partial charge is 0.386 e. The van der Waals surface area contributed by atoms with Gasteiger partial charge in [0.25, 0.3) is 0 Å². The van der Waals surface area contributed by atoms with E-state index in [1.54, 1.807) is 0 Å². The molecule has 9 nitrogen and oxygen atoms in total. The number of halogens is 1. The molecule has 110 valence electrons. The molecule has 2 saturated heterocycles. The van der Waals surface area contributed by atoms with Crippen LogP contribution < -0.4 is 11.4 Å². The van der Waals surface area contributed by atoms with Crippen molar-refractivity contribution in [2.45, 2.75) is 24.5 Å². The highest BCUT2D eigenvalue weighted by molar-refractivity contribution is 7.75. The van der Waals surface area contributed by atoms with E-state index in [0.717, 1.165) is 10.8 Å². The molecule has 0 saturated carbocycles. The number of fused-ring (bicyclic) bond motifs is 1. The molecule has 2 fully saturated rings. The van der Waals surface area contributed by atoms with Crippen LogP contribution in [-0.4, -0.2) is 43.8 Å². The molecule has 0 amide bonds. The number of anilines is 1. The molecule has 2 unspecified atom stereocenters. The Balaban J connectivity index is 1.94. The maximum atomic E-state index is 13.4. The van der Waals surface area contributed by atoms with Gasteiger partial charge in [-0.15, -0.1) is 0 Å². The van der Waals surface area contributed by atoms with E-state index in [1.165, 1.54) is 0 Å². The Kier molecular flexibility index (Phi) is 3.30. The number of aliphatic hydroxyl groups is 1. The molecule has 2 aliphatic rings. The van der Waals surface area contributed by atoms with Crippen molar-refractivity contribution >= 4 is 17.2 Å². The van der Waals surface area contributed by atoms with E-state index < -0.39 is 53.2 Å². The van der Waals surface area contributed by atoms with E-state index in [2.05, 4.69) is 4.98 Å². The minimum absolute atomic E-state index is 0.0789. The number of nitrogen functional groups attached to an aromatic ring is 1. The quantitative estimate of drug-likeness (QED) is 0.623. The zero-order valence-corrected chi connectivity index (χ0v) is 10.7. The molecular formula is C9H10FN3O6S. The molecular weight excluding hydrogens is 297 g/mol. The third kappa shape index (κ3) is 2.13. The zero-order chi connectivity index (χ0) is 14.4. The Morgan fingerprint density at radius 3 is 3.10 bits per heavy atom. The van der Waals surface area contributed by atoms with Gasteiger partial charge in [0.15, 0.2) is 17.9 Å². The highest BCUT2D eigenvalue weighted by Crippen LogP contribution is 2.33. The number of hydrogen-bond acceptors (Lipinski definition) is 8. The van der Waals surface area contributed by atoms with E-state index in [0.29, 0.717) is 0 Å². The van der Waals surface area contributed by atoms with Gasteiger partial charge in [-0.1, -0.05) is 0 Å². The maximum absolute atomic E-state index is 13.4. The Morgan fingerprint density at radius 2 is 2.35 bits per heavy atom. The fourth-order valence-electron chi connectivity index (χ4n) is 2.08. The lowest BCUT2D eigenvalue weighted by molar-refractivity contribution is -0.0563. The van der Waals surface area contributed by atoms with Crippen molar-refractivity contribution in [2.75, 3.05) is 12.3 Å². The predicted octanol–water partition coefficient (Wildman–Crippen LogP) is -1.78. The maximum Gasteiger partial charge on any atom is 0.351 e. The number of rotatable bonds is 1. The molecule has 5 atom stereocenters. The number of hydrogen-bond donors (Lipinski definition) is 2. The molecule has 0 radical (unpaired) electrons. The van der Waals surface area contributed by atoms with Gasteiger partial charge in [0.05, 0.1) is 12.8 Å². The second-order valence-electron chi connectivity index (χ2n) is 4.27. The third-order valence-corrected chi connectivity index (χ3v) is 3.74. The summed E-state index contributed by atoms with van der Waals surface area (Å²) < 4.78 is 40.2. The Labute approximate surface area is 113 Å². The molecule has 0 bridgehead atoms. The van der Waals surface area contributed by atoms with Gasteiger partial charge in [-0.3, -0.25) is 12.9 Å². The van der Waals surface area contributed by atoms with Crippen molar-refractivity contribution in [1.82, 2.24) is 9.55 Å². The van der Waals surface area contributed by atoms with Crippen molar-refractivity contribution < 1.29 is 26.8 Å². The van der Waals surface area contributed by atoms with Crippen LogP contribution in [0.15, 0.2) is 11.0 Å². The summed E-state index contributed by atoms with van der Waals surface area (Å²) in [5.74, 6) is -1.46. The van der Waals surface area contributed by atoms with Crippen LogP contribution >= 0.6 is 0 Å². The number of aliphatic hydroxyl groups excluding tert-OH is 1. The number of nitrogens with zero attached hydrogens (tertiary/aromatic N) is 2. The lowest BCUT2D eigenvalue weighted by atomic mass is 10.1. The summed E-state index contributed by atoms with van der Waals surface area (Å²) in [6.45, 7) is -0.0789. The number of ether oxygens (including phenoxy) is 1. The summed E-state index contributed by atoms with van der Waals surface area (Å²) in [5, 5.41) is 10.1. The number of aromatic nitrogens is 2. The van der Waals surface area contributed by atoms with Gasteiger partial charge >= 0.3 is 17.1 Å². The molecule has 20 heavy (non-hydrogen) atoms. The first kappa shape index (κ1) is 13.6. The van der Waals surface area contributed by atoms with E-state index in [4.69, 9.17) is 18.8 Å². The average molecular weight is 307 g/mol. The molecule has 1 aromatic heterocycles. The first-order valence-electron chi connectivity index (χ1n) is 5.57. The van der Waals surface area contributed by atoms with Crippen LogP contribution in [0.2, 0.25) is 0 Å². The highest BCUT2D eigenvalue weighted by Gasteiger charge is 2.49. The summed E-state index contributed by atoms with van der Waals surface area (Å²) in [5.41, 5.74) is 4.29. The molecule has 11 heteroatoms. The first-order valence-corrected chi connectivity index (χ1v) is 6.57. The van der Waals surface area contributed by atoms with E-state index in [1.807, 2.05) is 0 Å². The molecule has 1 aromatic rings.